The van der Waals surface area contributed by atoms with Gasteiger partial charge >= 0.3 is 0 Å². The first-order chi connectivity index (χ1) is 6.49. The molecule has 74 valence electrons. The molecule has 14 heavy (non-hydrogen) atoms. The summed E-state index contributed by atoms with van der Waals surface area (Å²) in [6.45, 7) is 4.17. The van der Waals surface area contributed by atoms with Crippen molar-refractivity contribution in [3.8, 4) is 5.75 Å². The summed E-state index contributed by atoms with van der Waals surface area (Å²) in [6.07, 6.45) is 2.62. The molecule has 0 saturated carbocycles. The number of phenolic OH excluding ortho intramolecular Hbond substituents is 1. The van der Waals surface area contributed by atoms with Crippen LogP contribution < -0.4 is 0 Å². The normalized spacial score (nSPS) is 17.9. The number of benzene rings is 1. The Kier molecular flexibility index (Phi) is 2.14. The number of nitrogens with zero attached hydrogens (tertiary/aromatic N) is 1. The van der Waals surface area contributed by atoms with Crippen LogP contribution in [0.25, 0.3) is 0 Å². The third kappa shape index (κ3) is 1.57. The van der Waals surface area contributed by atoms with Crippen LogP contribution in [0.15, 0.2) is 21.6 Å². The molecule has 3 heteroatoms. The Balaban J connectivity index is 2.60. The lowest BCUT2D eigenvalue weighted by molar-refractivity contribution is 0.466. The minimum atomic E-state index is -0.0662. The molecule has 0 fully saturated rings. The Labute approximate surface area is 91.8 Å². The van der Waals surface area contributed by atoms with Gasteiger partial charge in [0.2, 0.25) is 0 Å². The van der Waals surface area contributed by atoms with Gasteiger partial charge in [-0.3, -0.25) is 4.99 Å². The molecule has 0 unspecified atom stereocenters. The second-order valence-electron chi connectivity index (χ2n) is 4.21. The standard InChI is InChI=1S/C11H12BrNO/c1-11(2)5-7-8(6-13-11)10(14)4-3-9(7)12/h3-4,6,14H,5H2,1-2H3. The summed E-state index contributed by atoms with van der Waals surface area (Å²) in [5, 5.41) is 9.64. The number of rotatable bonds is 0. The maximum absolute atomic E-state index is 9.64. The number of halogens is 1. The number of aromatic hydroxyl groups is 1. The van der Waals surface area contributed by atoms with E-state index in [1.54, 1.807) is 12.3 Å². The number of aliphatic imine (C=N–C) groups is 1. The maximum Gasteiger partial charge on any atom is 0.124 e. The van der Waals surface area contributed by atoms with Crippen molar-refractivity contribution in [1.29, 1.82) is 0 Å². The van der Waals surface area contributed by atoms with E-state index in [0.29, 0.717) is 5.75 Å². The highest BCUT2D eigenvalue weighted by molar-refractivity contribution is 9.10. The average molecular weight is 254 g/mol. The van der Waals surface area contributed by atoms with Crippen LogP contribution in [-0.4, -0.2) is 16.9 Å². The molecule has 0 bridgehead atoms. The van der Waals surface area contributed by atoms with Crippen molar-refractivity contribution in [3.05, 3.63) is 27.7 Å². The van der Waals surface area contributed by atoms with Crippen molar-refractivity contribution < 1.29 is 5.11 Å². The fourth-order valence-corrected chi connectivity index (χ4v) is 2.15. The quantitative estimate of drug-likeness (QED) is 0.758. The highest BCUT2D eigenvalue weighted by atomic mass is 79.9. The summed E-state index contributed by atoms with van der Waals surface area (Å²) in [4.78, 5) is 4.40. The monoisotopic (exact) mass is 253 g/mol. The number of fused-ring (bicyclic) bond motifs is 1. The maximum atomic E-state index is 9.64. The molecule has 1 heterocycles. The molecule has 0 saturated heterocycles. The zero-order chi connectivity index (χ0) is 10.3. The molecular weight excluding hydrogens is 242 g/mol. The minimum Gasteiger partial charge on any atom is -0.507 e. The largest absolute Gasteiger partial charge is 0.507 e. The second kappa shape index (κ2) is 3.09. The van der Waals surface area contributed by atoms with Crippen LogP contribution in [0.2, 0.25) is 0 Å². The van der Waals surface area contributed by atoms with Crippen molar-refractivity contribution in [2.45, 2.75) is 25.8 Å². The summed E-state index contributed by atoms with van der Waals surface area (Å²) in [6, 6.07) is 3.57. The Morgan fingerprint density at radius 3 is 2.86 bits per heavy atom. The molecule has 1 aromatic carbocycles. The van der Waals surface area contributed by atoms with Crippen molar-refractivity contribution in [2.24, 2.45) is 4.99 Å². The molecule has 0 amide bonds. The van der Waals surface area contributed by atoms with E-state index in [1.165, 1.54) is 0 Å². The minimum absolute atomic E-state index is 0.0662. The van der Waals surface area contributed by atoms with E-state index in [4.69, 9.17) is 0 Å². The molecule has 0 atom stereocenters. The molecule has 1 aliphatic rings. The third-order valence-electron chi connectivity index (χ3n) is 2.43. The van der Waals surface area contributed by atoms with Gasteiger partial charge in [0.05, 0.1) is 5.54 Å². The molecule has 0 aliphatic carbocycles. The average Bonchev–Trinajstić information content (AvgIpc) is 2.10. The molecular formula is C11H12BrNO. The molecule has 0 radical (unpaired) electrons. The van der Waals surface area contributed by atoms with Gasteiger partial charge in [-0.2, -0.15) is 0 Å². The molecule has 1 aromatic rings. The van der Waals surface area contributed by atoms with Crippen molar-refractivity contribution >= 4 is 22.1 Å². The van der Waals surface area contributed by atoms with Gasteiger partial charge in [-0.05, 0) is 38.0 Å². The SMILES string of the molecule is CC1(C)Cc2c(Br)ccc(O)c2C=N1. The fourth-order valence-electron chi connectivity index (χ4n) is 1.67. The van der Waals surface area contributed by atoms with E-state index >= 15 is 0 Å². The van der Waals surface area contributed by atoms with Crippen LogP contribution in [0, 0.1) is 0 Å². The zero-order valence-corrected chi connectivity index (χ0v) is 9.80. The molecule has 0 spiro atoms. The summed E-state index contributed by atoms with van der Waals surface area (Å²) >= 11 is 3.50. The predicted molar refractivity (Wildman–Crippen MR) is 61.2 cm³/mol. The van der Waals surface area contributed by atoms with E-state index in [9.17, 15) is 5.11 Å². The number of phenols is 1. The van der Waals surface area contributed by atoms with Crippen LogP contribution in [0.3, 0.4) is 0 Å². The molecule has 1 aliphatic heterocycles. The Morgan fingerprint density at radius 2 is 2.14 bits per heavy atom. The van der Waals surface area contributed by atoms with E-state index in [0.717, 1.165) is 22.0 Å². The fraction of sp³-hybridized carbons (Fsp3) is 0.364. The van der Waals surface area contributed by atoms with E-state index in [2.05, 4.69) is 34.8 Å². The van der Waals surface area contributed by atoms with Gasteiger partial charge in [0.1, 0.15) is 5.75 Å². The van der Waals surface area contributed by atoms with Gasteiger partial charge in [0.25, 0.3) is 0 Å². The summed E-state index contributed by atoms with van der Waals surface area (Å²) in [7, 11) is 0. The first-order valence-corrected chi connectivity index (χ1v) is 5.34. The highest BCUT2D eigenvalue weighted by Gasteiger charge is 2.24. The van der Waals surface area contributed by atoms with E-state index < -0.39 is 0 Å². The Morgan fingerprint density at radius 1 is 1.43 bits per heavy atom. The van der Waals surface area contributed by atoms with Crippen LogP contribution in [0.5, 0.6) is 5.75 Å². The van der Waals surface area contributed by atoms with Crippen molar-refractivity contribution in [1.82, 2.24) is 0 Å². The predicted octanol–water partition coefficient (Wildman–Crippen LogP) is 2.91. The number of hydrogen-bond acceptors (Lipinski definition) is 2. The van der Waals surface area contributed by atoms with Gasteiger partial charge in [0, 0.05) is 16.3 Å². The van der Waals surface area contributed by atoms with Crippen LogP contribution in [0.4, 0.5) is 0 Å². The molecule has 1 N–H and O–H groups in total. The first-order valence-electron chi connectivity index (χ1n) is 4.55. The van der Waals surface area contributed by atoms with Gasteiger partial charge in [0.15, 0.2) is 0 Å². The second-order valence-corrected chi connectivity index (χ2v) is 5.06. The number of hydrogen-bond donors (Lipinski definition) is 1. The van der Waals surface area contributed by atoms with Crippen LogP contribution in [-0.2, 0) is 6.42 Å². The zero-order valence-electron chi connectivity index (χ0n) is 8.21. The summed E-state index contributed by atoms with van der Waals surface area (Å²) < 4.78 is 1.05. The summed E-state index contributed by atoms with van der Waals surface area (Å²) in [5.41, 5.74) is 1.92. The highest BCUT2D eigenvalue weighted by Crippen LogP contribution is 2.33. The van der Waals surface area contributed by atoms with Gasteiger partial charge in [-0.15, -0.1) is 0 Å². The topological polar surface area (TPSA) is 32.6 Å². The van der Waals surface area contributed by atoms with E-state index in [-0.39, 0.29) is 5.54 Å². The lowest BCUT2D eigenvalue weighted by Gasteiger charge is -2.26. The molecule has 2 nitrogen and oxygen atoms in total. The van der Waals surface area contributed by atoms with Gasteiger partial charge in [-0.1, -0.05) is 15.9 Å². The smallest absolute Gasteiger partial charge is 0.124 e. The third-order valence-corrected chi connectivity index (χ3v) is 3.17. The van der Waals surface area contributed by atoms with Gasteiger partial charge < -0.3 is 5.11 Å². The lowest BCUT2D eigenvalue weighted by Crippen LogP contribution is -2.25. The lowest BCUT2D eigenvalue weighted by atomic mass is 9.89. The van der Waals surface area contributed by atoms with Crippen molar-refractivity contribution in [2.75, 3.05) is 0 Å². The Bertz CT molecular complexity index is 410. The molecule has 2 rings (SSSR count). The van der Waals surface area contributed by atoms with Crippen LogP contribution >= 0.6 is 15.9 Å². The Hall–Kier alpha value is -0.830. The van der Waals surface area contributed by atoms with Gasteiger partial charge in [-0.25, -0.2) is 0 Å². The van der Waals surface area contributed by atoms with Crippen LogP contribution in [0.1, 0.15) is 25.0 Å². The molecule has 0 aromatic heterocycles. The summed E-state index contributed by atoms with van der Waals surface area (Å²) in [5.74, 6) is 0.308. The first kappa shape index (κ1) is 9.71. The van der Waals surface area contributed by atoms with Crippen molar-refractivity contribution in [3.63, 3.8) is 0 Å². The van der Waals surface area contributed by atoms with E-state index in [1.807, 2.05) is 6.07 Å².